The maximum Gasteiger partial charge on any atom is 0.257 e. The van der Waals surface area contributed by atoms with Gasteiger partial charge in [0.25, 0.3) is 6.43 Å². The lowest BCUT2D eigenvalue weighted by Crippen LogP contribution is -2.23. The van der Waals surface area contributed by atoms with Gasteiger partial charge in [0.15, 0.2) is 11.1 Å². The van der Waals surface area contributed by atoms with Gasteiger partial charge in [-0.2, -0.15) is 12.6 Å². The van der Waals surface area contributed by atoms with Crippen LogP contribution in [0.25, 0.3) is 0 Å². The van der Waals surface area contributed by atoms with Crippen LogP contribution in [-0.2, 0) is 0 Å². The SMILES string of the molecule is NCCC(S)c1csc(NC(N)=NCC(F)F)n1. The average molecular weight is 295 g/mol. The Labute approximate surface area is 113 Å². The van der Waals surface area contributed by atoms with Crippen LogP contribution in [0.3, 0.4) is 0 Å². The predicted molar refractivity (Wildman–Crippen MR) is 73.6 cm³/mol. The first kappa shape index (κ1) is 15.1. The van der Waals surface area contributed by atoms with E-state index in [-0.39, 0.29) is 11.2 Å². The van der Waals surface area contributed by atoms with E-state index in [0.29, 0.717) is 18.1 Å². The monoisotopic (exact) mass is 295 g/mol. The molecule has 0 radical (unpaired) electrons. The number of thiazole rings is 1. The number of nitrogens with zero attached hydrogens (tertiary/aromatic N) is 2. The highest BCUT2D eigenvalue weighted by atomic mass is 32.1. The fraction of sp³-hybridized carbons (Fsp3) is 0.556. The molecule has 5 nitrogen and oxygen atoms in total. The van der Waals surface area contributed by atoms with Crippen molar-refractivity contribution in [3.05, 3.63) is 11.1 Å². The molecule has 1 rings (SSSR count). The van der Waals surface area contributed by atoms with E-state index >= 15 is 0 Å². The summed E-state index contributed by atoms with van der Waals surface area (Å²) < 4.78 is 23.8. The van der Waals surface area contributed by atoms with E-state index in [1.165, 1.54) is 11.3 Å². The minimum absolute atomic E-state index is 0.0407. The van der Waals surface area contributed by atoms with Crippen LogP contribution in [0.2, 0.25) is 0 Å². The highest BCUT2D eigenvalue weighted by Crippen LogP contribution is 2.26. The Morgan fingerprint density at radius 3 is 2.94 bits per heavy atom. The zero-order valence-corrected chi connectivity index (χ0v) is 11.2. The molecule has 9 heteroatoms. The van der Waals surface area contributed by atoms with Gasteiger partial charge in [0.05, 0.1) is 5.69 Å². The quantitative estimate of drug-likeness (QED) is 0.363. The van der Waals surface area contributed by atoms with Gasteiger partial charge in [-0.05, 0) is 13.0 Å². The van der Waals surface area contributed by atoms with Crippen molar-refractivity contribution >= 4 is 35.1 Å². The zero-order chi connectivity index (χ0) is 13.5. The van der Waals surface area contributed by atoms with Gasteiger partial charge < -0.3 is 16.8 Å². The lowest BCUT2D eigenvalue weighted by Gasteiger charge is -2.04. The number of nitrogens with one attached hydrogen (secondary N) is 1. The average Bonchev–Trinajstić information content (AvgIpc) is 2.75. The molecule has 0 spiro atoms. The van der Waals surface area contributed by atoms with Gasteiger partial charge in [0.1, 0.15) is 6.54 Å². The van der Waals surface area contributed by atoms with Gasteiger partial charge in [0.2, 0.25) is 0 Å². The second-order valence-corrected chi connectivity index (χ2v) is 4.89. The van der Waals surface area contributed by atoms with Crippen LogP contribution in [0, 0.1) is 0 Å². The fourth-order valence-electron chi connectivity index (χ4n) is 1.12. The van der Waals surface area contributed by atoms with Gasteiger partial charge in [-0.1, -0.05) is 0 Å². The largest absolute Gasteiger partial charge is 0.370 e. The van der Waals surface area contributed by atoms with Crippen molar-refractivity contribution in [3.63, 3.8) is 0 Å². The lowest BCUT2D eigenvalue weighted by atomic mass is 10.2. The minimum Gasteiger partial charge on any atom is -0.370 e. The topological polar surface area (TPSA) is 89.3 Å². The molecule has 0 aliphatic heterocycles. The third-order valence-corrected chi connectivity index (χ3v) is 3.24. The van der Waals surface area contributed by atoms with Crippen LogP contribution in [-0.4, -0.2) is 30.5 Å². The second kappa shape index (κ2) is 7.49. The number of hydrogen-bond acceptors (Lipinski definition) is 5. The first-order valence-electron chi connectivity index (χ1n) is 5.21. The van der Waals surface area contributed by atoms with Crippen molar-refractivity contribution in [1.82, 2.24) is 4.98 Å². The summed E-state index contributed by atoms with van der Waals surface area (Å²) in [7, 11) is 0. The molecule has 0 aliphatic rings. The summed E-state index contributed by atoms with van der Waals surface area (Å²) in [5.41, 5.74) is 11.6. The van der Waals surface area contributed by atoms with E-state index in [1.807, 2.05) is 5.38 Å². The number of alkyl halides is 2. The fourth-order valence-corrected chi connectivity index (χ4v) is 2.27. The smallest absolute Gasteiger partial charge is 0.257 e. The lowest BCUT2D eigenvalue weighted by molar-refractivity contribution is 0.158. The number of nitrogens with two attached hydrogens (primary N) is 2. The van der Waals surface area contributed by atoms with Crippen LogP contribution in [0.15, 0.2) is 10.4 Å². The van der Waals surface area contributed by atoms with Gasteiger partial charge >= 0.3 is 0 Å². The Morgan fingerprint density at radius 2 is 2.33 bits per heavy atom. The first-order chi connectivity index (χ1) is 8.52. The molecular weight excluding hydrogens is 280 g/mol. The van der Waals surface area contributed by atoms with Crippen molar-refractivity contribution in [2.75, 3.05) is 18.4 Å². The van der Waals surface area contributed by atoms with Gasteiger partial charge in [-0.3, -0.25) is 0 Å². The van der Waals surface area contributed by atoms with E-state index in [9.17, 15) is 8.78 Å². The Bertz CT molecular complexity index is 396. The molecule has 0 aromatic carbocycles. The highest BCUT2D eigenvalue weighted by molar-refractivity contribution is 7.80. The molecule has 1 heterocycles. The zero-order valence-electron chi connectivity index (χ0n) is 9.51. The van der Waals surface area contributed by atoms with Crippen LogP contribution in [0.5, 0.6) is 0 Å². The summed E-state index contributed by atoms with van der Waals surface area (Å²) in [6.07, 6.45) is -1.80. The molecule has 5 N–H and O–H groups in total. The number of guanidine groups is 1. The Hall–Kier alpha value is -0.930. The number of aromatic nitrogens is 1. The summed E-state index contributed by atoms with van der Waals surface area (Å²) in [5.74, 6) is -0.0780. The van der Waals surface area contributed by atoms with E-state index in [4.69, 9.17) is 11.5 Å². The molecule has 1 unspecified atom stereocenters. The molecule has 0 aliphatic carbocycles. The number of halogens is 2. The van der Waals surface area contributed by atoms with Crippen LogP contribution in [0.1, 0.15) is 17.4 Å². The molecular formula is C9H15F2N5S2. The molecule has 0 amide bonds. The van der Waals surface area contributed by atoms with Gasteiger partial charge in [-0.25, -0.2) is 18.8 Å². The first-order valence-corrected chi connectivity index (χ1v) is 6.61. The molecule has 1 aromatic heterocycles. The summed E-state index contributed by atoms with van der Waals surface area (Å²) >= 11 is 5.65. The summed E-state index contributed by atoms with van der Waals surface area (Å²) in [4.78, 5) is 7.69. The molecule has 0 bridgehead atoms. The number of rotatable bonds is 6. The highest BCUT2D eigenvalue weighted by Gasteiger charge is 2.10. The number of aliphatic imine (C=N–C) groups is 1. The summed E-state index contributed by atoms with van der Waals surface area (Å²) in [5, 5.41) is 4.92. The van der Waals surface area contributed by atoms with E-state index in [1.54, 1.807) is 0 Å². The minimum atomic E-state index is -2.51. The standard InChI is InChI=1S/C9H15F2N5S2/c10-7(11)3-14-8(13)16-9-15-5(4-18-9)6(17)1-2-12/h4,6-7,17H,1-3,12H2,(H3,13,14,15,16). The van der Waals surface area contributed by atoms with Crippen molar-refractivity contribution in [2.45, 2.75) is 18.1 Å². The van der Waals surface area contributed by atoms with Crippen LogP contribution in [0.4, 0.5) is 13.9 Å². The third kappa shape index (κ3) is 5.15. The normalized spacial score (nSPS) is 13.9. The Morgan fingerprint density at radius 1 is 1.61 bits per heavy atom. The Balaban J connectivity index is 2.55. The molecule has 0 saturated carbocycles. The molecule has 0 saturated heterocycles. The molecule has 0 fully saturated rings. The predicted octanol–water partition coefficient (Wildman–Crippen LogP) is 1.45. The van der Waals surface area contributed by atoms with Crippen molar-refractivity contribution in [1.29, 1.82) is 0 Å². The molecule has 102 valence electrons. The van der Waals surface area contributed by atoms with Gasteiger partial charge in [-0.15, -0.1) is 11.3 Å². The molecule has 1 aromatic rings. The number of thiol groups is 1. The number of anilines is 1. The van der Waals surface area contributed by atoms with Crippen LogP contribution >= 0.6 is 24.0 Å². The van der Waals surface area contributed by atoms with E-state index < -0.39 is 13.0 Å². The molecule has 1 atom stereocenters. The summed E-state index contributed by atoms with van der Waals surface area (Å²) in [6, 6.07) is 0. The van der Waals surface area contributed by atoms with Gasteiger partial charge in [0, 0.05) is 10.6 Å². The number of hydrogen-bond donors (Lipinski definition) is 4. The van der Waals surface area contributed by atoms with Crippen molar-refractivity contribution < 1.29 is 8.78 Å². The maximum absolute atomic E-state index is 11.9. The maximum atomic E-state index is 11.9. The van der Waals surface area contributed by atoms with E-state index in [2.05, 4.69) is 27.9 Å². The third-order valence-electron chi connectivity index (χ3n) is 1.94. The van der Waals surface area contributed by atoms with E-state index in [0.717, 1.165) is 5.69 Å². The second-order valence-electron chi connectivity index (χ2n) is 3.41. The van der Waals surface area contributed by atoms with Crippen LogP contribution < -0.4 is 16.8 Å². The molecule has 18 heavy (non-hydrogen) atoms. The van der Waals surface area contributed by atoms with Crippen molar-refractivity contribution in [2.24, 2.45) is 16.5 Å². The Kier molecular flexibility index (Phi) is 6.30. The summed E-state index contributed by atoms with van der Waals surface area (Å²) in [6.45, 7) is -0.105. The van der Waals surface area contributed by atoms with Crippen molar-refractivity contribution in [3.8, 4) is 0 Å².